The second-order valence-corrected chi connectivity index (χ2v) is 0. The fourth-order valence-corrected chi connectivity index (χ4v) is 0. The van der Waals surface area contributed by atoms with E-state index in [9.17, 15) is 0 Å². The van der Waals surface area contributed by atoms with E-state index in [1.54, 1.807) is 0 Å². The van der Waals surface area contributed by atoms with Crippen LogP contribution in [0.4, 0.5) is 0 Å². The molecule has 14 N–H and O–H groups in total. The first-order valence-corrected chi connectivity index (χ1v) is 0. The molecule has 0 saturated heterocycles. The van der Waals surface area contributed by atoms with Gasteiger partial charge in [0.1, 0.15) is 0 Å². The zero-order valence-corrected chi connectivity index (χ0v) is 6.42. The molecule has 0 saturated carbocycles. The molecular weight excluding hydrogens is 152 g/mol. The third-order valence-corrected chi connectivity index (χ3v) is 0. The van der Waals surface area contributed by atoms with Crippen LogP contribution in [0.15, 0.2) is 0 Å². The molecule has 8 heteroatoms. The molecule has 58 valence electrons. The van der Waals surface area contributed by atoms with Crippen molar-refractivity contribution >= 4 is 37.7 Å². The van der Waals surface area contributed by atoms with E-state index in [1.807, 2.05) is 0 Å². The van der Waals surface area contributed by atoms with E-state index in [0.29, 0.717) is 0 Å². The molecule has 7 nitrogen and oxygen atoms in total. The Morgan fingerprint density at radius 1 is 0.250 bits per heavy atom. The maximum absolute atomic E-state index is 0. The first-order valence-electron chi connectivity index (χ1n) is 0. The van der Waals surface area contributed by atoms with Crippen LogP contribution < -0.4 is 0 Å². The van der Waals surface area contributed by atoms with Crippen LogP contribution in [-0.4, -0.2) is 76.1 Å². The molecule has 0 bridgehead atoms. The van der Waals surface area contributed by atoms with Crippen molar-refractivity contribution in [2.45, 2.75) is 0 Å². The van der Waals surface area contributed by atoms with Crippen LogP contribution in [0.3, 0.4) is 0 Å². The largest absolute Gasteiger partial charge is 0.412 e. The van der Waals surface area contributed by atoms with E-state index in [4.69, 9.17) is 0 Å². The minimum atomic E-state index is 0. The Hall–Kier alpha value is 0.980. The van der Waals surface area contributed by atoms with Gasteiger partial charge in [-0.25, -0.2) is 0 Å². The normalized spacial score (nSPS) is 0. The zero-order valence-electron chi connectivity index (χ0n) is 4.21. The molecule has 0 spiro atoms. The van der Waals surface area contributed by atoms with Gasteiger partial charge in [-0.3, -0.25) is 0 Å². The van der Waals surface area contributed by atoms with Gasteiger partial charge in [0.15, 0.2) is 0 Å². The standard InChI is InChI=1S/Ca.7H2O/h;7*1H2. The summed E-state index contributed by atoms with van der Waals surface area (Å²) in [5.41, 5.74) is 0. The average molecular weight is 166 g/mol. The summed E-state index contributed by atoms with van der Waals surface area (Å²) in [6, 6.07) is 0. The molecule has 0 fully saturated rings. The Bertz CT molecular complexity index is 4.35. The summed E-state index contributed by atoms with van der Waals surface area (Å²) in [6.07, 6.45) is 0. The molecule has 0 atom stereocenters. The molecule has 0 aromatic carbocycles. The van der Waals surface area contributed by atoms with Crippen molar-refractivity contribution in [2.24, 2.45) is 0 Å². The molecule has 2 radical (unpaired) electrons. The van der Waals surface area contributed by atoms with E-state index in [0.717, 1.165) is 0 Å². The second kappa shape index (κ2) is 405. The van der Waals surface area contributed by atoms with Gasteiger partial charge in [0.2, 0.25) is 0 Å². The van der Waals surface area contributed by atoms with Crippen molar-refractivity contribution < 1.29 is 38.3 Å². The third-order valence-electron chi connectivity index (χ3n) is 0. The third kappa shape index (κ3) is 260. The predicted molar refractivity (Wildman–Crippen MR) is 31.1 cm³/mol. The molecule has 0 unspecified atom stereocenters. The molecule has 0 aromatic heterocycles. The molecule has 8 heavy (non-hydrogen) atoms. The van der Waals surface area contributed by atoms with E-state index in [2.05, 4.69) is 0 Å². The van der Waals surface area contributed by atoms with Gasteiger partial charge in [0.05, 0.1) is 0 Å². The molecule has 0 aromatic rings. The second-order valence-electron chi connectivity index (χ2n) is 0. The van der Waals surface area contributed by atoms with Crippen molar-refractivity contribution in [3.63, 3.8) is 0 Å². The Kier molecular flexibility index (Phi) is 30200. The van der Waals surface area contributed by atoms with Gasteiger partial charge in [0.25, 0.3) is 0 Å². The fraction of sp³-hybridized carbons (Fsp3) is 0. The summed E-state index contributed by atoms with van der Waals surface area (Å²) in [5, 5.41) is 0. The van der Waals surface area contributed by atoms with Gasteiger partial charge < -0.3 is 38.3 Å². The van der Waals surface area contributed by atoms with Crippen LogP contribution in [0.2, 0.25) is 0 Å². The van der Waals surface area contributed by atoms with Gasteiger partial charge in [-0.1, -0.05) is 0 Å². The first kappa shape index (κ1) is 596. The van der Waals surface area contributed by atoms with Crippen LogP contribution in [0.25, 0.3) is 0 Å². The smallest absolute Gasteiger partial charge is 0 e. The van der Waals surface area contributed by atoms with Gasteiger partial charge in [-0.15, -0.1) is 0 Å². The summed E-state index contributed by atoms with van der Waals surface area (Å²) in [4.78, 5) is 0. The Morgan fingerprint density at radius 3 is 0.250 bits per heavy atom. The average Bonchev–Trinajstić information content (AvgIpc) is 0. The van der Waals surface area contributed by atoms with Crippen LogP contribution in [0, 0.1) is 0 Å². The molecule has 0 aliphatic heterocycles. The van der Waals surface area contributed by atoms with E-state index >= 15 is 0 Å². The Labute approximate surface area is 75.8 Å². The van der Waals surface area contributed by atoms with Gasteiger partial charge >= 0.3 is 0 Å². The molecule has 0 rings (SSSR count). The molecular formula is H14CaO7. The number of rotatable bonds is 0. The Morgan fingerprint density at radius 2 is 0.250 bits per heavy atom. The molecule has 0 amide bonds. The maximum Gasteiger partial charge on any atom is 0 e. The minimum absolute atomic E-state index is 0. The van der Waals surface area contributed by atoms with Crippen LogP contribution >= 0.6 is 0 Å². The van der Waals surface area contributed by atoms with Gasteiger partial charge in [0, 0.05) is 37.7 Å². The van der Waals surface area contributed by atoms with Crippen molar-refractivity contribution in [1.29, 1.82) is 0 Å². The molecule has 0 aliphatic rings. The van der Waals surface area contributed by atoms with Crippen molar-refractivity contribution in [3.8, 4) is 0 Å². The quantitative estimate of drug-likeness (QED) is 0.306. The number of hydrogen-bond donors (Lipinski definition) is 0. The summed E-state index contributed by atoms with van der Waals surface area (Å²) in [6.45, 7) is 0. The van der Waals surface area contributed by atoms with E-state index < -0.39 is 0 Å². The summed E-state index contributed by atoms with van der Waals surface area (Å²) >= 11 is 0. The number of hydrogen-bond acceptors (Lipinski definition) is 0. The van der Waals surface area contributed by atoms with Crippen molar-refractivity contribution in [1.82, 2.24) is 0 Å². The zero-order chi connectivity index (χ0) is 0. The van der Waals surface area contributed by atoms with Crippen molar-refractivity contribution in [3.05, 3.63) is 0 Å². The molecule has 0 heterocycles. The maximum atomic E-state index is 0. The van der Waals surface area contributed by atoms with Gasteiger partial charge in [-0.05, 0) is 0 Å². The van der Waals surface area contributed by atoms with E-state index in [-0.39, 0.29) is 76.1 Å². The van der Waals surface area contributed by atoms with Crippen LogP contribution in [0.1, 0.15) is 0 Å². The summed E-state index contributed by atoms with van der Waals surface area (Å²) in [5.74, 6) is 0. The van der Waals surface area contributed by atoms with Crippen molar-refractivity contribution in [2.75, 3.05) is 0 Å². The van der Waals surface area contributed by atoms with Crippen LogP contribution in [-0.2, 0) is 0 Å². The van der Waals surface area contributed by atoms with Crippen LogP contribution in [0.5, 0.6) is 0 Å². The van der Waals surface area contributed by atoms with E-state index in [1.165, 1.54) is 0 Å². The predicted octanol–water partition coefficient (Wildman–Crippen LogP) is -6.15. The van der Waals surface area contributed by atoms with Gasteiger partial charge in [-0.2, -0.15) is 0 Å². The summed E-state index contributed by atoms with van der Waals surface area (Å²) < 4.78 is 0. The topological polar surface area (TPSA) is 220 Å². The monoisotopic (exact) mass is 166 g/mol. The SMILES string of the molecule is O.O.O.O.O.O.O.[Ca]. The first-order chi connectivity index (χ1) is 0. The minimum Gasteiger partial charge on any atom is -0.412 e. The summed E-state index contributed by atoms with van der Waals surface area (Å²) in [7, 11) is 0. The fourth-order valence-electron chi connectivity index (χ4n) is 0. The Balaban J connectivity index is 0. The molecule has 0 aliphatic carbocycles.